The maximum absolute atomic E-state index is 15.8. The SMILES string of the molecule is CC(C)(c1cc2ccccc2c(-n2cc3ncccc3c2F)n1)c1cc2ccccc2c(-n2cc3ncccc3c2F)n1. The van der Waals surface area contributed by atoms with Crippen LogP contribution in [0.4, 0.5) is 8.78 Å². The molecule has 0 aliphatic rings. The third-order valence-electron chi connectivity index (χ3n) is 8.22. The zero-order chi connectivity index (χ0) is 29.3. The van der Waals surface area contributed by atoms with E-state index in [2.05, 4.69) is 9.97 Å². The monoisotopic (exact) mass is 566 g/mol. The van der Waals surface area contributed by atoms with Gasteiger partial charge >= 0.3 is 0 Å². The molecule has 0 bridgehead atoms. The first kappa shape index (κ1) is 25.2. The van der Waals surface area contributed by atoms with Gasteiger partial charge in [0.25, 0.3) is 0 Å². The summed E-state index contributed by atoms with van der Waals surface area (Å²) >= 11 is 0. The van der Waals surface area contributed by atoms with Gasteiger partial charge in [-0.3, -0.25) is 19.1 Å². The Morgan fingerprint density at radius 2 is 0.977 bits per heavy atom. The summed E-state index contributed by atoms with van der Waals surface area (Å²) in [6, 6.07) is 26.5. The lowest BCUT2D eigenvalue weighted by Crippen LogP contribution is -2.24. The van der Waals surface area contributed by atoms with E-state index in [4.69, 9.17) is 9.97 Å². The lowest BCUT2D eigenvalue weighted by atomic mass is 9.83. The van der Waals surface area contributed by atoms with Crippen molar-refractivity contribution in [1.82, 2.24) is 29.1 Å². The van der Waals surface area contributed by atoms with Crippen LogP contribution < -0.4 is 0 Å². The van der Waals surface area contributed by atoms with Crippen LogP contribution in [-0.4, -0.2) is 29.1 Å². The van der Waals surface area contributed by atoms with Gasteiger partial charge in [0.2, 0.25) is 11.9 Å². The molecule has 0 spiro atoms. The van der Waals surface area contributed by atoms with Gasteiger partial charge in [-0.1, -0.05) is 48.5 Å². The molecule has 0 radical (unpaired) electrons. The molecule has 6 nitrogen and oxygen atoms in total. The van der Waals surface area contributed by atoms with E-state index in [1.807, 2.05) is 74.5 Å². The third-order valence-corrected chi connectivity index (χ3v) is 8.22. The van der Waals surface area contributed by atoms with Crippen molar-refractivity contribution in [2.75, 3.05) is 0 Å². The number of pyridine rings is 4. The van der Waals surface area contributed by atoms with Crippen molar-refractivity contribution in [2.45, 2.75) is 19.3 Å². The molecule has 0 saturated heterocycles. The Kier molecular flexibility index (Phi) is 5.43. The molecule has 43 heavy (non-hydrogen) atoms. The van der Waals surface area contributed by atoms with E-state index in [0.29, 0.717) is 44.8 Å². The van der Waals surface area contributed by atoms with E-state index in [9.17, 15) is 0 Å². The predicted octanol–water partition coefficient (Wildman–Crippen LogP) is 8.06. The minimum absolute atomic E-state index is 0.425. The number of fused-ring (bicyclic) bond motifs is 4. The van der Waals surface area contributed by atoms with Crippen LogP contribution in [0.25, 0.3) is 55.0 Å². The molecule has 0 amide bonds. The predicted molar refractivity (Wildman–Crippen MR) is 165 cm³/mol. The highest BCUT2D eigenvalue weighted by molar-refractivity contribution is 5.92. The van der Waals surface area contributed by atoms with Crippen LogP contribution in [0.5, 0.6) is 0 Å². The van der Waals surface area contributed by atoms with E-state index in [-0.39, 0.29) is 0 Å². The zero-order valence-corrected chi connectivity index (χ0v) is 23.3. The molecule has 0 aliphatic carbocycles. The van der Waals surface area contributed by atoms with Crippen molar-refractivity contribution in [3.8, 4) is 11.6 Å². The summed E-state index contributed by atoms with van der Waals surface area (Å²) in [6.45, 7) is 4.06. The van der Waals surface area contributed by atoms with E-state index < -0.39 is 17.3 Å². The molecule has 0 saturated carbocycles. The molecule has 0 N–H and O–H groups in total. The lowest BCUT2D eigenvalue weighted by Gasteiger charge is -2.26. The Labute approximate surface area is 244 Å². The van der Waals surface area contributed by atoms with E-state index in [1.165, 1.54) is 9.13 Å². The molecular formula is C35H24F2N6. The number of benzene rings is 2. The molecule has 0 fully saturated rings. The molecule has 6 aromatic heterocycles. The number of aromatic nitrogens is 6. The van der Waals surface area contributed by atoms with Gasteiger partial charge in [0.05, 0.1) is 33.2 Å². The Hall–Kier alpha value is -5.50. The number of rotatable bonds is 4. The molecule has 0 unspecified atom stereocenters. The Morgan fingerprint density at radius 1 is 0.558 bits per heavy atom. The number of hydrogen-bond donors (Lipinski definition) is 0. The smallest absolute Gasteiger partial charge is 0.208 e. The number of nitrogens with zero attached hydrogens (tertiary/aromatic N) is 6. The molecule has 8 aromatic rings. The fourth-order valence-corrected chi connectivity index (χ4v) is 5.81. The minimum Gasteiger partial charge on any atom is -0.274 e. The molecule has 6 heterocycles. The lowest BCUT2D eigenvalue weighted by molar-refractivity contribution is 0.555. The summed E-state index contributed by atoms with van der Waals surface area (Å²) in [4.78, 5) is 18.8. The largest absolute Gasteiger partial charge is 0.274 e. The van der Waals surface area contributed by atoms with Crippen LogP contribution in [-0.2, 0) is 5.41 Å². The van der Waals surface area contributed by atoms with Crippen molar-refractivity contribution in [3.63, 3.8) is 0 Å². The summed E-state index contributed by atoms with van der Waals surface area (Å²) in [5, 5.41) is 4.29. The third kappa shape index (κ3) is 3.83. The van der Waals surface area contributed by atoms with Gasteiger partial charge in [-0.15, -0.1) is 0 Å². The van der Waals surface area contributed by atoms with Gasteiger partial charge in [0, 0.05) is 41.0 Å². The van der Waals surface area contributed by atoms with Crippen LogP contribution in [0.2, 0.25) is 0 Å². The summed E-state index contributed by atoms with van der Waals surface area (Å²) < 4.78 is 34.5. The first-order valence-electron chi connectivity index (χ1n) is 13.9. The maximum atomic E-state index is 15.8. The first-order chi connectivity index (χ1) is 20.9. The minimum atomic E-state index is -0.750. The van der Waals surface area contributed by atoms with Crippen LogP contribution in [0.15, 0.2) is 110 Å². The quantitative estimate of drug-likeness (QED) is 0.216. The van der Waals surface area contributed by atoms with Crippen LogP contribution in [0.3, 0.4) is 0 Å². The Morgan fingerprint density at radius 3 is 1.42 bits per heavy atom. The average molecular weight is 567 g/mol. The van der Waals surface area contributed by atoms with Crippen LogP contribution >= 0.6 is 0 Å². The molecule has 2 aromatic carbocycles. The Balaban J connectivity index is 1.37. The van der Waals surface area contributed by atoms with Crippen molar-refractivity contribution < 1.29 is 8.78 Å². The van der Waals surface area contributed by atoms with Crippen LogP contribution in [0.1, 0.15) is 25.2 Å². The molecule has 0 aliphatic heterocycles. The standard InChI is InChI=1S/C35H24F2N6/c1-35(2,29-17-21-9-3-5-11-23(21)33(40-29)42-19-27-25(31(42)36)13-7-15-38-27)30-18-22-10-4-6-12-24(22)34(41-30)43-20-28-26(32(43)37)14-8-16-39-28/h3-20H,1-2H3. The van der Waals surface area contributed by atoms with E-state index in [0.717, 1.165) is 21.5 Å². The molecular weight excluding hydrogens is 542 g/mol. The van der Waals surface area contributed by atoms with Crippen molar-refractivity contribution in [2.24, 2.45) is 0 Å². The highest BCUT2D eigenvalue weighted by atomic mass is 19.1. The second-order valence-electron chi connectivity index (χ2n) is 11.2. The highest BCUT2D eigenvalue weighted by Crippen LogP contribution is 2.37. The van der Waals surface area contributed by atoms with Gasteiger partial charge < -0.3 is 0 Å². The van der Waals surface area contributed by atoms with Crippen molar-refractivity contribution >= 4 is 43.4 Å². The van der Waals surface area contributed by atoms with Crippen molar-refractivity contribution in [3.05, 3.63) is 133 Å². The van der Waals surface area contributed by atoms with Gasteiger partial charge in [-0.05, 0) is 61.0 Å². The summed E-state index contributed by atoms with van der Waals surface area (Å²) in [5.41, 5.74) is 1.74. The van der Waals surface area contributed by atoms with Crippen molar-refractivity contribution in [1.29, 1.82) is 0 Å². The van der Waals surface area contributed by atoms with Crippen LogP contribution in [0, 0.1) is 11.9 Å². The van der Waals surface area contributed by atoms with Gasteiger partial charge in [-0.25, -0.2) is 9.97 Å². The number of halogens is 2. The maximum Gasteiger partial charge on any atom is 0.208 e. The van der Waals surface area contributed by atoms with Gasteiger partial charge in [-0.2, -0.15) is 8.78 Å². The second kappa shape index (κ2) is 9.25. The highest BCUT2D eigenvalue weighted by Gasteiger charge is 2.30. The fraction of sp³-hybridized carbons (Fsp3) is 0.0857. The normalized spacial score (nSPS) is 12.2. The Bertz CT molecular complexity index is 2200. The molecule has 208 valence electrons. The van der Waals surface area contributed by atoms with Gasteiger partial charge in [0.15, 0.2) is 0 Å². The van der Waals surface area contributed by atoms with E-state index >= 15 is 8.78 Å². The molecule has 8 rings (SSSR count). The second-order valence-corrected chi connectivity index (χ2v) is 11.2. The van der Waals surface area contributed by atoms with Gasteiger partial charge in [0.1, 0.15) is 11.6 Å². The topological polar surface area (TPSA) is 61.4 Å². The molecule has 8 heteroatoms. The zero-order valence-electron chi connectivity index (χ0n) is 23.3. The summed E-state index contributed by atoms with van der Waals surface area (Å²) in [7, 11) is 0. The summed E-state index contributed by atoms with van der Waals surface area (Å²) in [5.74, 6) is 0.0779. The number of hydrogen-bond acceptors (Lipinski definition) is 4. The first-order valence-corrected chi connectivity index (χ1v) is 13.9. The van der Waals surface area contributed by atoms with E-state index in [1.54, 1.807) is 49.1 Å². The molecule has 0 atom stereocenters. The fourth-order valence-electron chi connectivity index (χ4n) is 5.81. The summed E-state index contributed by atoms with van der Waals surface area (Å²) in [6.07, 6.45) is 6.64. The average Bonchev–Trinajstić information content (AvgIpc) is 3.56.